The van der Waals surface area contributed by atoms with Gasteiger partial charge in [-0.05, 0) is 40.4 Å². The first kappa shape index (κ1) is 8.92. The number of nitrogens with zero attached hydrogens (tertiary/aromatic N) is 1. The molecule has 0 rings (SSSR count). The number of hydrogen-bond donors (Lipinski definition) is 1. The Morgan fingerprint density at radius 1 is 1.56 bits per heavy atom. The zero-order chi connectivity index (χ0) is 7.28. The minimum Gasteiger partial charge on any atom is -0.330 e. The monoisotopic (exact) mass is 129 g/mol. The van der Waals surface area contributed by atoms with Crippen LogP contribution in [0.1, 0.15) is 12.8 Å². The zero-order valence-electron chi connectivity index (χ0n) is 6.43. The highest BCUT2D eigenvalue weighted by molar-refractivity contribution is 4.67. The van der Waals surface area contributed by atoms with E-state index < -0.39 is 0 Å². The normalized spacial score (nSPS) is 14.3. The second-order valence-electron chi connectivity index (χ2n) is 2.55. The largest absolute Gasteiger partial charge is 0.330 e. The van der Waals surface area contributed by atoms with E-state index in [9.17, 15) is 0 Å². The summed E-state index contributed by atoms with van der Waals surface area (Å²) in [7, 11) is 4.07. The first-order valence-corrected chi connectivity index (χ1v) is 3.38. The summed E-state index contributed by atoms with van der Waals surface area (Å²) in [6.45, 7) is 4.72. The van der Waals surface area contributed by atoms with E-state index in [1.165, 1.54) is 0 Å². The summed E-state index contributed by atoms with van der Waals surface area (Å²) < 4.78 is 0. The minimum absolute atomic E-state index is 0.425. The molecule has 0 aromatic carbocycles. The van der Waals surface area contributed by atoms with Crippen LogP contribution in [0.3, 0.4) is 0 Å². The maximum atomic E-state index is 5.33. The van der Waals surface area contributed by atoms with Gasteiger partial charge in [-0.15, -0.1) is 0 Å². The highest BCUT2D eigenvalue weighted by Gasteiger charge is 2.01. The molecule has 9 heavy (non-hydrogen) atoms. The maximum Gasteiger partial charge on any atom is 0.00902 e. The third kappa shape index (κ3) is 4.43. The van der Waals surface area contributed by atoms with E-state index in [2.05, 4.69) is 11.8 Å². The predicted molar refractivity (Wildman–Crippen MR) is 41.1 cm³/mol. The van der Waals surface area contributed by atoms with Crippen LogP contribution in [0.15, 0.2) is 0 Å². The smallest absolute Gasteiger partial charge is 0.00902 e. The molecule has 1 radical (unpaired) electrons. The Morgan fingerprint density at radius 3 is 2.44 bits per heavy atom. The molecule has 0 aromatic rings. The van der Waals surface area contributed by atoms with Crippen LogP contribution in [0.4, 0.5) is 0 Å². The fourth-order valence-corrected chi connectivity index (χ4v) is 0.612. The number of hydrogen-bond acceptors (Lipinski definition) is 2. The Labute approximate surface area is 58.0 Å². The zero-order valence-corrected chi connectivity index (χ0v) is 6.43. The molecule has 2 nitrogen and oxygen atoms in total. The van der Waals surface area contributed by atoms with E-state index in [1.54, 1.807) is 0 Å². The average molecular weight is 129 g/mol. The van der Waals surface area contributed by atoms with E-state index in [1.807, 2.05) is 14.1 Å². The highest BCUT2D eigenvalue weighted by atomic mass is 15.1. The topological polar surface area (TPSA) is 29.3 Å². The summed E-state index contributed by atoms with van der Waals surface area (Å²) in [5.41, 5.74) is 5.33. The van der Waals surface area contributed by atoms with Crippen molar-refractivity contribution in [1.82, 2.24) is 4.90 Å². The van der Waals surface area contributed by atoms with Crippen LogP contribution in [0.25, 0.3) is 0 Å². The van der Waals surface area contributed by atoms with Crippen LogP contribution in [0, 0.1) is 6.92 Å². The van der Waals surface area contributed by atoms with Crippen molar-refractivity contribution in [3.63, 3.8) is 0 Å². The van der Waals surface area contributed by atoms with E-state index in [4.69, 9.17) is 5.73 Å². The maximum absolute atomic E-state index is 5.33. The Bertz CT molecular complexity index is 61.9. The predicted octanol–water partition coefficient (Wildman–Crippen LogP) is 0.490. The summed E-state index contributed by atoms with van der Waals surface area (Å²) >= 11 is 0. The average Bonchev–Trinajstić information content (AvgIpc) is 1.82. The van der Waals surface area contributed by atoms with Crippen LogP contribution < -0.4 is 5.73 Å². The molecular weight excluding hydrogens is 112 g/mol. The van der Waals surface area contributed by atoms with Gasteiger partial charge in [0.25, 0.3) is 0 Å². The molecule has 0 amide bonds. The Balaban J connectivity index is 3.16. The van der Waals surface area contributed by atoms with Crippen LogP contribution >= 0.6 is 0 Å². The molecule has 55 valence electrons. The van der Waals surface area contributed by atoms with Gasteiger partial charge < -0.3 is 10.6 Å². The molecule has 0 aliphatic heterocycles. The van der Waals surface area contributed by atoms with Gasteiger partial charge in [-0.25, -0.2) is 0 Å². The SMILES string of the molecule is [CH2]C(CCCN)N(C)C. The molecule has 0 bridgehead atoms. The summed E-state index contributed by atoms with van der Waals surface area (Å²) in [6, 6.07) is 0.425. The summed E-state index contributed by atoms with van der Waals surface area (Å²) in [5, 5.41) is 0. The molecule has 0 spiro atoms. The third-order valence-electron chi connectivity index (χ3n) is 1.47. The molecule has 2 heteroatoms. The fourth-order valence-electron chi connectivity index (χ4n) is 0.612. The van der Waals surface area contributed by atoms with Gasteiger partial charge in [-0.2, -0.15) is 0 Å². The van der Waals surface area contributed by atoms with Crippen molar-refractivity contribution in [2.24, 2.45) is 5.73 Å². The first-order valence-electron chi connectivity index (χ1n) is 3.38. The van der Waals surface area contributed by atoms with Gasteiger partial charge in [0.2, 0.25) is 0 Å². The third-order valence-corrected chi connectivity index (χ3v) is 1.47. The Morgan fingerprint density at radius 2 is 2.11 bits per heavy atom. The lowest BCUT2D eigenvalue weighted by molar-refractivity contribution is 0.321. The molecule has 0 heterocycles. The van der Waals surface area contributed by atoms with E-state index in [0.29, 0.717) is 6.04 Å². The van der Waals surface area contributed by atoms with Gasteiger partial charge in [-0.1, -0.05) is 0 Å². The number of rotatable bonds is 4. The molecule has 0 fully saturated rings. The fraction of sp³-hybridized carbons (Fsp3) is 0.857. The van der Waals surface area contributed by atoms with Gasteiger partial charge in [0.05, 0.1) is 0 Å². The second kappa shape index (κ2) is 4.77. The van der Waals surface area contributed by atoms with E-state index >= 15 is 0 Å². The van der Waals surface area contributed by atoms with Gasteiger partial charge in [0.15, 0.2) is 0 Å². The van der Waals surface area contributed by atoms with Crippen molar-refractivity contribution in [3.8, 4) is 0 Å². The molecule has 0 aliphatic carbocycles. The number of nitrogens with two attached hydrogens (primary N) is 1. The van der Waals surface area contributed by atoms with E-state index in [-0.39, 0.29) is 0 Å². The van der Waals surface area contributed by atoms with Gasteiger partial charge in [-0.3, -0.25) is 0 Å². The lowest BCUT2D eigenvalue weighted by Gasteiger charge is -2.18. The molecule has 0 saturated carbocycles. The van der Waals surface area contributed by atoms with Crippen LogP contribution in [-0.2, 0) is 0 Å². The Kier molecular flexibility index (Phi) is 4.72. The van der Waals surface area contributed by atoms with E-state index in [0.717, 1.165) is 19.4 Å². The van der Waals surface area contributed by atoms with Gasteiger partial charge in [0.1, 0.15) is 0 Å². The lowest BCUT2D eigenvalue weighted by Crippen LogP contribution is -2.25. The minimum atomic E-state index is 0.425. The quantitative estimate of drug-likeness (QED) is 0.598. The highest BCUT2D eigenvalue weighted by Crippen LogP contribution is 1.99. The first-order chi connectivity index (χ1) is 4.18. The Hall–Kier alpha value is -0.0800. The molecule has 0 saturated heterocycles. The summed E-state index contributed by atoms with van der Waals surface area (Å²) in [4.78, 5) is 2.11. The standard InChI is InChI=1S/C7H17N2/c1-7(9(2)3)5-4-6-8/h7H,1,4-6,8H2,2-3H3. The van der Waals surface area contributed by atoms with Gasteiger partial charge in [0, 0.05) is 6.04 Å². The molecule has 1 unspecified atom stereocenters. The van der Waals surface area contributed by atoms with Crippen LogP contribution in [-0.4, -0.2) is 31.6 Å². The molecule has 1 atom stereocenters. The van der Waals surface area contributed by atoms with Crippen molar-refractivity contribution < 1.29 is 0 Å². The second-order valence-corrected chi connectivity index (χ2v) is 2.55. The van der Waals surface area contributed by atoms with Crippen LogP contribution in [0.5, 0.6) is 0 Å². The lowest BCUT2D eigenvalue weighted by atomic mass is 10.2. The summed E-state index contributed by atoms with van der Waals surface area (Å²) in [5.74, 6) is 0. The van der Waals surface area contributed by atoms with Crippen molar-refractivity contribution in [2.45, 2.75) is 18.9 Å². The molecule has 2 N–H and O–H groups in total. The van der Waals surface area contributed by atoms with Crippen molar-refractivity contribution in [3.05, 3.63) is 6.92 Å². The van der Waals surface area contributed by atoms with Crippen LogP contribution in [0.2, 0.25) is 0 Å². The van der Waals surface area contributed by atoms with Crippen molar-refractivity contribution in [2.75, 3.05) is 20.6 Å². The van der Waals surface area contributed by atoms with Crippen molar-refractivity contribution >= 4 is 0 Å². The van der Waals surface area contributed by atoms with Crippen molar-refractivity contribution in [1.29, 1.82) is 0 Å². The molecular formula is C7H17N2. The summed E-state index contributed by atoms with van der Waals surface area (Å²) in [6.07, 6.45) is 2.18. The van der Waals surface area contributed by atoms with Gasteiger partial charge >= 0.3 is 0 Å². The molecule has 0 aromatic heterocycles. The molecule has 0 aliphatic rings.